The third kappa shape index (κ3) is 7.59. The molecule has 3 aromatic rings. The zero-order chi connectivity index (χ0) is 26.1. The lowest BCUT2D eigenvalue weighted by Gasteiger charge is -2.13. The Balaban J connectivity index is 1.52. The van der Waals surface area contributed by atoms with Crippen LogP contribution in [0.3, 0.4) is 0 Å². The summed E-state index contributed by atoms with van der Waals surface area (Å²) in [6, 6.07) is 19.3. The lowest BCUT2D eigenvalue weighted by Crippen LogP contribution is -2.22. The minimum atomic E-state index is -0.251. The Bertz CT molecular complexity index is 1210. The Labute approximate surface area is 211 Å². The molecule has 8 heteroatoms. The quantitative estimate of drug-likeness (QED) is 0.310. The van der Waals surface area contributed by atoms with Crippen molar-refractivity contribution in [1.82, 2.24) is 0 Å². The van der Waals surface area contributed by atoms with Gasteiger partial charge in [-0.2, -0.15) is 0 Å². The molecule has 36 heavy (non-hydrogen) atoms. The molecule has 0 spiro atoms. The minimum Gasteiger partial charge on any atom is -0.494 e. The Hall–Kier alpha value is -4.33. The van der Waals surface area contributed by atoms with Crippen LogP contribution in [0.2, 0.25) is 0 Å². The number of benzene rings is 3. The van der Waals surface area contributed by atoms with E-state index >= 15 is 0 Å². The van der Waals surface area contributed by atoms with Crippen LogP contribution in [0.25, 0.3) is 0 Å². The summed E-state index contributed by atoms with van der Waals surface area (Å²) in [6.07, 6.45) is 0. The smallest absolute Gasteiger partial charge is 0.255 e. The average Bonchev–Trinajstić information content (AvgIpc) is 2.86. The summed E-state index contributed by atoms with van der Waals surface area (Å²) in [7, 11) is 0. The fraction of sp³-hybridized carbons (Fsp3) is 0.250. The molecule has 3 amide bonds. The van der Waals surface area contributed by atoms with Crippen LogP contribution in [0.4, 0.5) is 22.7 Å². The van der Waals surface area contributed by atoms with Gasteiger partial charge in [-0.05, 0) is 80.1 Å². The van der Waals surface area contributed by atoms with Gasteiger partial charge < -0.3 is 26.0 Å². The molecule has 0 atom stereocenters. The molecule has 8 nitrogen and oxygen atoms in total. The van der Waals surface area contributed by atoms with Crippen molar-refractivity contribution in [2.24, 2.45) is 5.92 Å². The van der Waals surface area contributed by atoms with E-state index in [-0.39, 0.29) is 30.2 Å². The van der Waals surface area contributed by atoms with E-state index in [9.17, 15) is 14.4 Å². The van der Waals surface area contributed by atoms with Crippen molar-refractivity contribution in [2.45, 2.75) is 27.7 Å². The molecular formula is C28H32N4O4. The van der Waals surface area contributed by atoms with E-state index in [1.165, 1.54) is 0 Å². The summed E-state index contributed by atoms with van der Waals surface area (Å²) in [4.78, 5) is 36.9. The molecule has 0 aliphatic carbocycles. The fourth-order valence-corrected chi connectivity index (χ4v) is 3.27. The first-order chi connectivity index (χ1) is 17.2. The van der Waals surface area contributed by atoms with Crippen LogP contribution in [0.1, 0.15) is 36.7 Å². The number of carbonyl (C=O) groups is 3. The van der Waals surface area contributed by atoms with E-state index in [1.807, 2.05) is 39.8 Å². The summed E-state index contributed by atoms with van der Waals surface area (Å²) >= 11 is 0. The lowest BCUT2D eigenvalue weighted by molar-refractivity contribution is -0.119. The molecule has 0 aromatic heterocycles. The maximum atomic E-state index is 12.5. The molecule has 0 unspecified atom stereocenters. The summed E-state index contributed by atoms with van der Waals surface area (Å²) in [5.74, 6) is 0.0550. The van der Waals surface area contributed by atoms with E-state index in [2.05, 4.69) is 21.3 Å². The van der Waals surface area contributed by atoms with Gasteiger partial charge in [0.1, 0.15) is 5.75 Å². The predicted octanol–water partition coefficient (Wildman–Crippen LogP) is 5.29. The van der Waals surface area contributed by atoms with Crippen molar-refractivity contribution >= 4 is 40.5 Å². The molecule has 0 bridgehead atoms. The van der Waals surface area contributed by atoms with Crippen LogP contribution >= 0.6 is 0 Å². The standard InChI is InChI=1S/C28H32N4O4/c1-5-36-24-14-12-22(13-15-24)31-28(35)20-7-10-21(11-8-20)30-26(33)17-29-25-16-23(9-6-19(25)4)32-27(34)18(2)3/h6-16,18,29H,5,17H2,1-4H3,(H,30,33)(H,31,35)(H,32,34). The molecule has 0 radical (unpaired) electrons. The van der Waals surface area contributed by atoms with Crippen molar-refractivity contribution in [3.63, 3.8) is 0 Å². The van der Waals surface area contributed by atoms with Gasteiger partial charge in [0.15, 0.2) is 0 Å². The van der Waals surface area contributed by atoms with Gasteiger partial charge in [-0.25, -0.2) is 0 Å². The van der Waals surface area contributed by atoms with Gasteiger partial charge in [-0.15, -0.1) is 0 Å². The molecule has 0 saturated carbocycles. The number of hydrogen-bond donors (Lipinski definition) is 4. The highest BCUT2D eigenvalue weighted by Gasteiger charge is 2.10. The van der Waals surface area contributed by atoms with Crippen LogP contribution in [-0.2, 0) is 9.59 Å². The van der Waals surface area contributed by atoms with Crippen molar-refractivity contribution in [3.05, 3.63) is 77.9 Å². The van der Waals surface area contributed by atoms with Gasteiger partial charge in [-0.1, -0.05) is 19.9 Å². The van der Waals surface area contributed by atoms with Gasteiger partial charge >= 0.3 is 0 Å². The highest BCUT2D eigenvalue weighted by molar-refractivity contribution is 6.04. The monoisotopic (exact) mass is 488 g/mol. The summed E-state index contributed by atoms with van der Waals surface area (Å²) in [5.41, 5.74) is 4.09. The number of amides is 3. The fourth-order valence-electron chi connectivity index (χ4n) is 3.27. The van der Waals surface area contributed by atoms with Crippen molar-refractivity contribution < 1.29 is 19.1 Å². The second-order valence-corrected chi connectivity index (χ2v) is 8.56. The normalized spacial score (nSPS) is 10.5. The van der Waals surface area contributed by atoms with Gasteiger partial charge in [0.05, 0.1) is 13.2 Å². The highest BCUT2D eigenvalue weighted by Crippen LogP contribution is 2.21. The van der Waals surface area contributed by atoms with E-state index in [1.54, 1.807) is 54.6 Å². The lowest BCUT2D eigenvalue weighted by atomic mass is 10.1. The zero-order valence-electron chi connectivity index (χ0n) is 21.0. The minimum absolute atomic E-state index is 0.0440. The number of carbonyl (C=O) groups excluding carboxylic acids is 3. The first kappa shape index (κ1) is 26.3. The first-order valence-electron chi connectivity index (χ1n) is 11.8. The Morgan fingerprint density at radius 3 is 2.06 bits per heavy atom. The van der Waals surface area contributed by atoms with Gasteiger partial charge in [0.25, 0.3) is 5.91 Å². The number of rotatable bonds is 10. The molecule has 0 aliphatic rings. The molecule has 0 aliphatic heterocycles. The van der Waals surface area contributed by atoms with Gasteiger partial charge in [0.2, 0.25) is 11.8 Å². The number of anilines is 4. The van der Waals surface area contributed by atoms with Gasteiger partial charge in [0, 0.05) is 34.2 Å². The van der Waals surface area contributed by atoms with E-state index in [0.29, 0.717) is 29.2 Å². The SMILES string of the molecule is CCOc1ccc(NC(=O)c2ccc(NC(=O)CNc3cc(NC(=O)C(C)C)ccc3C)cc2)cc1. The van der Waals surface area contributed by atoms with E-state index < -0.39 is 0 Å². The summed E-state index contributed by atoms with van der Waals surface area (Å²) < 4.78 is 5.40. The van der Waals surface area contributed by atoms with Crippen LogP contribution in [-0.4, -0.2) is 30.9 Å². The topological polar surface area (TPSA) is 109 Å². The largest absolute Gasteiger partial charge is 0.494 e. The Morgan fingerprint density at radius 2 is 1.42 bits per heavy atom. The predicted molar refractivity (Wildman–Crippen MR) is 144 cm³/mol. The van der Waals surface area contributed by atoms with Crippen LogP contribution in [0.5, 0.6) is 5.75 Å². The van der Waals surface area contributed by atoms with Gasteiger partial charge in [-0.3, -0.25) is 14.4 Å². The van der Waals surface area contributed by atoms with Crippen LogP contribution in [0, 0.1) is 12.8 Å². The third-order valence-electron chi connectivity index (χ3n) is 5.32. The summed E-state index contributed by atoms with van der Waals surface area (Å²) in [5, 5.41) is 11.6. The average molecular weight is 489 g/mol. The molecular weight excluding hydrogens is 456 g/mol. The summed E-state index contributed by atoms with van der Waals surface area (Å²) in [6.45, 7) is 8.11. The second kappa shape index (κ2) is 12.4. The number of aryl methyl sites for hydroxylation is 1. The number of nitrogens with one attached hydrogen (secondary N) is 4. The molecule has 3 aromatic carbocycles. The van der Waals surface area contributed by atoms with Crippen LogP contribution in [0.15, 0.2) is 66.7 Å². The molecule has 3 rings (SSSR count). The highest BCUT2D eigenvalue weighted by atomic mass is 16.5. The third-order valence-corrected chi connectivity index (χ3v) is 5.32. The molecule has 188 valence electrons. The maximum Gasteiger partial charge on any atom is 0.255 e. The first-order valence-corrected chi connectivity index (χ1v) is 11.8. The molecule has 0 saturated heterocycles. The Kier molecular flexibility index (Phi) is 9.05. The number of ether oxygens (including phenoxy) is 1. The Morgan fingerprint density at radius 1 is 0.806 bits per heavy atom. The van der Waals surface area contributed by atoms with E-state index in [0.717, 1.165) is 17.0 Å². The van der Waals surface area contributed by atoms with Crippen molar-refractivity contribution in [2.75, 3.05) is 34.4 Å². The molecule has 0 heterocycles. The number of hydrogen-bond acceptors (Lipinski definition) is 5. The van der Waals surface area contributed by atoms with Crippen LogP contribution < -0.4 is 26.0 Å². The maximum absolute atomic E-state index is 12.5. The zero-order valence-corrected chi connectivity index (χ0v) is 21.0. The molecule has 0 fully saturated rings. The van der Waals surface area contributed by atoms with Crippen molar-refractivity contribution in [3.8, 4) is 5.75 Å². The van der Waals surface area contributed by atoms with Crippen molar-refractivity contribution in [1.29, 1.82) is 0 Å². The molecule has 4 N–H and O–H groups in total. The van der Waals surface area contributed by atoms with E-state index in [4.69, 9.17) is 4.74 Å². The second-order valence-electron chi connectivity index (χ2n) is 8.56.